The molecule has 0 fully saturated rings. The zero-order valence-electron chi connectivity index (χ0n) is 6.62. The molecule has 0 aliphatic rings. The minimum Gasteiger partial charge on any atom is -0.507 e. The van der Waals surface area contributed by atoms with E-state index in [1.807, 2.05) is 0 Å². The first kappa shape index (κ1) is 9.75. The van der Waals surface area contributed by atoms with Crippen LogP contribution in [0.5, 0.6) is 5.75 Å². The van der Waals surface area contributed by atoms with Crippen molar-refractivity contribution in [3.8, 4) is 11.8 Å². The molecule has 3 nitrogen and oxygen atoms in total. The highest BCUT2D eigenvalue weighted by atomic mass is 79.9. The number of hydrogen-bond acceptors (Lipinski definition) is 3. The Hall–Kier alpha value is -1.34. The van der Waals surface area contributed by atoms with Crippen LogP contribution in [0.25, 0.3) is 0 Å². The van der Waals surface area contributed by atoms with Crippen molar-refractivity contribution in [2.75, 3.05) is 0 Å². The molecule has 0 aliphatic heterocycles. The lowest BCUT2D eigenvalue weighted by Gasteiger charge is -2.00. The fourth-order valence-corrected chi connectivity index (χ4v) is 1.26. The Morgan fingerprint density at radius 1 is 1.62 bits per heavy atom. The summed E-state index contributed by atoms with van der Waals surface area (Å²) in [7, 11) is 0. The number of carbonyl (C=O) groups excluding carboxylic acids is 1. The van der Waals surface area contributed by atoms with E-state index in [2.05, 4.69) is 15.9 Å². The number of benzene rings is 1. The van der Waals surface area contributed by atoms with Gasteiger partial charge in [0.1, 0.15) is 5.75 Å². The van der Waals surface area contributed by atoms with Gasteiger partial charge < -0.3 is 5.11 Å². The molecule has 0 atom stereocenters. The topological polar surface area (TPSA) is 61.1 Å². The van der Waals surface area contributed by atoms with Crippen LogP contribution in [0.4, 0.5) is 0 Å². The molecule has 13 heavy (non-hydrogen) atoms. The largest absolute Gasteiger partial charge is 0.507 e. The van der Waals surface area contributed by atoms with E-state index in [0.29, 0.717) is 4.47 Å². The number of ketones is 1. The first-order valence-electron chi connectivity index (χ1n) is 3.54. The number of halogens is 1. The third kappa shape index (κ3) is 2.30. The SMILES string of the molecule is N#CCC(=O)c1cc(Br)ccc1O. The second-order valence-corrected chi connectivity index (χ2v) is 3.34. The number of aromatic hydroxyl groups is 1. The van der Waals surface area contributed by atoms with Crippen LogP contribution in [0.1, 0.15) is 16.8 Å². The molecule has 0 heterocycles. The number of Topliss-reactive ketones (excluding diaryl/α,β-unsaturated/α-hetero) is 1. The summed E-state index contributed by atoms with van der Waals surface area (Å²) in [5.74, 6) is -0.468. The highest BCUT2D eigenvalue weighted by molar-refractivity contribution is 9.10. The molecule has 0 aliphatic carbocycles. The van der Waals surface area contributed by atoms with Crippen molar-refractivity contribution in [2.45, 2.75) is 6.42 Å². The minimum absolute atomic E-state index is 0.0940. The number of carbonyl (C=O) groups is 1. The van der Waals surface area contributed by atoms with Gasteiger partial charge in [-0.2, -0.15) is 5.26 Å². The number of nitriles is 1. The summed E-state index contributed by atoms with van der Waals surface area (Å²) in [5, 5.41) is 17.6. The lowest BCUT2D eigenvalue weighted by Crippen LogP contribution is -1.97. The molecule has 1 rings (SSSR count). The van der Waals surface area contributed by atoms with Crippen molar-refractivity contribution < 1.29 is 9.90 Å². The molecule has 0 unspecified atom stereocenters. The van der Waals surface area contributed by atoms with Gasteiger partial charge in [-0.25, -0.2) is 0 Å². The van der Waals surface area contributed by atoms with Crippen LogP contribution in [0.2, 0.25) is 0 Å². The summed E-state index contributed by atoms with van der Waals surface area (Å²) >= 11 is 3.17. The van der Waals surface area contributed by atoms with E-state index in [9.17, 15) is 9.90 Å². The van der Waals surface area contributed by atoms with Crippen molar-refractivity contribution in [1.82, 2.24) is 0 Å². The smallest absolute Gasteiger partial charge is 0.180 e. The van der Waals surface area contributed by atoms with Gasteiger partial charge in [0, 0.05) is 4.47 Å². The van der Waals surface area contributed by atoms with E-state index in [0.717, 1.165) is 0 Å². The Bertz CT molecular complexity index is 382. The number of hydrogen-bond donors (Lipinski definition) is 1. The molecule has 0 amide bonds. The van der Waals surface area contributed by atoms with Crippen LogP contribution < -0.4 is 0 Å². The third-order valence-electron chi connectivity index (χ3n) is 1.50. The number of phenolic OH excluding ortho intramolecular Hbond substituents is 1. The summed E-state index contributed by atoms with van der Waals surface area (Å²) in [4.78, 5) is 11.2. The van der Waals surface area contributed by atoms with Crippen LogP contribution in [0.15, 0.2) is 22.7 Å². The Morgan fingerprint density at radius 3 is 2.92 bits per heavy atom. The zero-order valence-corrected chi connectivity index (χ0v) is 8.21. The summed E-state index contributed by atoms with van der Waals surface area (Å²) in [6.07, 6.45) is -0.218. The van der Waals surface area contributed by atoms with Gasteiger partial charge in [-0.15, -0.1) is 0 Å². The van der Waals surface area contributed by atoms with Crippen molar-refractivity contribution >= 4 is 21.7 Å². The zero-order chi connectivity index (χ0) is 9.84. The van der Waals surface area contributed by atoms with Crippen molar-refractivity contribution in [1.29, 1.82) is 5.26 Å². The lowest BCUT2D eigenvalue weighted by molar-refractivity contribution is 0.0995. The number of rotatable bonds is 2. The average molecular weight is 240 g/mol. The standard InChI is InChI=1S/C9H6BrNO2/c10-6-1-2-8(12)7(5-6)9(13)3-4-11/h1-2,5,12H,3H2. The summed E-state index contributed by atoms with van der Waals surface area (Å²) in [6, 6.07) is 6.27. The van der Waals surface area contributed by atoms with Gasteiger partial charge in [-0.3, -0.25) is 4.79 Å². The molecule has 4 heteroatoms. The molecule has 0 bridgehead atoms. The van der Waals surface area contributed by atoms with Gasteiger partial charge in [0.15, 0.2) is 5.78 Å². The molecule has 66 valence electrons. The fraction of sp³-hybridized carbons (Fsp3) is 0.111. The van der Waals surface area contributed by atoms with Gasteiger partial charge in [0.2, 0.25) is 0 Å². The van der Waals surface area contributed by atoms with E-state index in [-0.39, 0.29) is 23.5 Å². The van der Waals surface area contributed by atoms with Gasteiger partial charge >= 0.3 is 0 Å². The molecule has 0 saturated heterocycles. The third-order valence-corrected chi connectivity index (χ3v) is 1.99. The van der Waals surface area contributed by atoms with Crippen LogP contribution in [0, 0.1) is 11.3 Å². The van der Waals surface area contributed by atoms with E-state index in [1.54, 1.807) is 12.1 Å². The maximum Gasteiger partial charge on any atom is 0.180 e. The normalized spacial score (nSPS) is 9.23. The molecule has 1 N–H and O–H groups in total. The first-order chi connectivity index (χ1) is 6.15. The molecular weight excluding hydrogens is 234 g/mol. The van der Waals surface area contributed by atoms with Gasteiger partial charge in [-0.05, 0) is 18.2 Å². The number of nitrogens with zero attached hydrogens (tertiary/aromatic N) is 1. The minimum atomic E-state index is -0.374. The molecule has 0 spiro atoms. The van der Waals surface area contributed by atoms with E-state index < -0.39 is 0 Å². The van der Waals surface area contributed by atoms with Crippen molar-refractivity contribution in [3.05, 3.63) is 28.2 Å². The average Bonchev–Trinajstić information content (AvgIpc) is 2.09. The van der Waals surface area contributed by atoms with Crippen molar-refractivity contribution in [3.63, 3.8) is 0 Å². The Kier molecular flexibility index (Phi) is 3.04. The summed E-state index contributed by atoms with van der Waals surface area (Å²) < 4.78 is 0.701. The summed E-state index contributed by atoms with van der Waals surface area (Å²) in [6.45, 7) is 0. The highest BCUT2D eigenvalue weighted by Gasteiger charge is 2.10. The van der Waals surface area contributed by atoms with E-state index in [1.165, 1.54) is 12.1 Å². The summed E-state index contributed by atoms with van der Waals surface area (Å²) in [5.41, 5.74) is 0.177. The van der Waals surface area contributed by atoms with Gasteiger partial charge in [-0.1, -0.05) is 15.9 Å². The highest BCUT2D eigenvalue weighted by Crippen LogP contribution is 2.22. The lowest BCUT2D eigenvalue weighted by atomic mass is 10.1. The number of phenols is 1. The molecule has 1 aromatic rings. The molecule has 0 saturated carbocycles. The predicted molar refractivity (Wildman–Crippen MR) is 50.4 cm³/mol. The molecule has 0 aromatic heterocycles. The van der Waals surface area contributed by atoms with E-state index >= 15 is 0 Å². The van der Waals surface area contributed by atoms with Crippen LogP contribution in [-0.2, 0) is 0 Å². The fourth-order valence-electron chi connectivity index (χ4n) is 0.899. The molecule has 1 aromatic carbocycles. The van der Waals surface area contributed by atoms with E-state index in [4.69, 9.17) is 5.26 Å². The predicted octanol–water partition coefficient (Wildman–Crippen LogP) is 2.25. The maximum absolute atomic E-state index is 11.2. The quantitative estimate of drug-likeness (QED) is 0.806. The molecule has 0 radical (unpaired) electrons. The molecular formula is C9H6BrNO2. The second kappa shape index (κ2) is 4.06. The Morgan fingerprint density at radius 2 is 2.31 bits per heavy atom. The van der Waals surface area contributed by atoms with Crippen LogP contribution in [0.3, 0.4) is 0 Å². The maximum atomic E-state index is 11.2. The van der Waals surface area contributed by atoms with Crippen LogP contribution >= 0.6 is 15.9 Å². The Balaban J connectivity index is 3.07. The van der Waals surface area contributed by atoms with Gasteiger partial charge in [0.05, 0.1) is 18.1 Å². The Labute approximate surface area is 83.7 Å². The van der Waals surface area contributed by atoms with Gasteiger partial charge in [0.25, 0.3) is 0 Å². The van der Waals surface area contributed by atoms with Crippen LogP contribution in [-0.4, -0.2) is 10.9 Å². The first-order valence-corrected chi connectivity index (χ1v) is 4.33. The monoisotopic (exact) mass is 239 g/mol. The second-order valence-electron chi connectivity index (χ2n) is 2.42. The van der Waals surface area contributed by atoms with Crippen molar-refractivity contribution in [2.24, 2.45) is 0 Å².